The van der Waals surface area contributed by atoms with E-state index in [4.69, 9.17) is 30.5 Å². The molecule has 0 radical (unpaired) electrons. The second kappa shape index (κ2) is 8.96. The molecule has 0 spiro atoms. The van der Waals surface area contributed by atoms with Crippen LogP contribution in [0.4, 0.5) is 5.69 Å². The zero-order valence-electron chi connectivity index (χ0n) is 14.5. The average molecular weight is 380 g/mol. The molecule has 138 valence electrons. The Balaban J connectivity index is 2.06. The van der Waals surface area contributed by atoms with E-state index in [0.717, 1.165) is 0 Å². The van der Waals surface area contributed by atoms with E-state index in [1.54, 1.807) is 24.3 Å². The number of nitrogens with one attached hydrogen (secondary N) is 1. The minimum Gasteiger partial charge on any atom is -0.497 e. The molecule has 0 heterocycles. The van der Waals surface area contributed by atoms with Crippen LogP contribution in [0.1, 0.15) is 10.4 Å². The summed E-state index contributed by atoms with van der Waals surface area (Å²) in [6.45, 7) is -0.319. The van der Waals surface area contributed by atoms with E-state index in [9.17, 15) is 9.59 Å². The first-order chi connectivity index (χ1) is 12.5. The number of rotatable bonds is 7. The monoisotopic (exact) mass is 379 g/mol. The maximum Gasteiger partial charge on any atom is 0.341 e. The predicted octanol–water partition coefficient (Wildman–Crippen LogP) is 3.16. The quantitative estimate of drug-likeness (QED) is 0.744. The third kappa shape index (κ3) is 4.80. The van der Waals surface area contributed by atoms with Gasteiger partial charge in [0.2, 0.25) is 0 Å². The number of anilines is 1. The van der Waals surface area contributed by atoms with E-state index >= 15 is 0 Å². The van der Waals surface area contributed by atoms with Crippen LogP contribution < -0.4 is 19.5 Å². The first kappa shape index (κ1) is 19.4. The van der Waals surface area contributed by atoms with Crippen LogP contribution >= 0.6 is 11.6 Å². The number of esters is 1. The van der Waals surface area contributed by atoms with E-state index in [2.05, 4.69) is 5.32 Å². The van der Waals surface area contributed by atoms with Gasteiger partial charge in [-0.15, -0.1) is 0 Å². The Morgan fingerprint density at radius 1 is 1.00 bits per heavy atom. The van der Waals surface area contributed by atoms with Gasteiger partial charge in [-0.3, -0.25) is 4.79 Å². The summed E-state index contributed by atoms with van der Waals surface area (Å²) in [6.07, 6.45) is 0. The Morgan fingerprint density at radius 3 is 2.38 bits per heavy atom. The second-order valence-corrected chi connectivity index (χ2v) is 5.45. The van der Waals surface area contributed by atoms with Crippen LogP contribution in [-0.4, -0.2) is 39.8 Å². The van der Waals surface area contributed by atoms with E-state index in [1.807, 2.05) is 0 Å². The number of benzene rings is 2. The van der Waals surface area contributed by atoms with Crippen LogP contribution in [0.2, 0.25) is 5.02 Å². The standard InChI is InChI=1S/C18H18ClNO6/c1-23-12-5-6-13(18(22)25-3)16(9-12)26-10-17(21)20-11-4-7-15(24-2)14(19)8-11/h4-9H,10H2,1-3H3,(H,20,21). The molecule has 0 aliphatic heterocycles. The van der Waals surface area contributed by atoms with Crippen LogP contribution in [0.25, 0.3) is 0 Å². The molecule has 2 aromatic rings. The topological polar surface area (TPSA) is 83.1 Å². The van der Waals surface area contributed by atoms with Gasteiger partial charge in [-0.1, -0.05) is 11.6 Å². The highest BCUT2D eigenvalue weighted by molar-refractivity contribution is 6.32. The number of carbonyl (C=O) groups is 2. The van der Waals surface area contributed by atoms with Gasteiger partial charge >= 0.3 is 5.97 Å². The van der Waals surface area contributed by atoms with Gasteiger partial charge in [0.15, 0.2) is 6.61 Å². The molecule has 8 heteroatoms. The molecule has 2 rings (SSSR count). The van der Waals surface area contributed by atoms with Crippen molar-refractivity contribution in [2.24, 2.45) is 0 Å². The molecule has 0 saturated carbocycles. The van der Waals surface area contributed by atoms with E-state index in [1.165, 1.54) is 33.5 Å². The smallest absolute Gasteiger partial charge is 0.341 e. The molecule has 0 aromatic heterocycles. The number of amides is 1. The number of halogens is 1. The summed E-state index contributed by atoms with van der Waals surface area (Å²) in [4.78, 5) is 23.9. The summed E-state index contributed by atoms with van der Waals surface area (Å²) in [5.41, 5.74) is 0.678. The van der Waals surface area contributed by atoms with Crippen LogP contribution in [0.3, 0.4) is 0 Å². The maximum absolute atomic E-state index is 12.1. The highest BCUT2D eigenvalue weighted by Crippen LogP contribution is 2.28. The molecule has 0 fully saturated rings. The third-order valence-corrected chi connectivity index (χ3v) is 3.68. The number of hydrogen-bond acceptors (Lipinski definition) is 6. The van der Waals surface area contributed by atoms with E-state index in [0.29, 0.717) is 22.2 Å². The summed E-state index contributed by atoms with van der Waals surface area (Å²) in [5, 5.41) is 3.01. The fourth-order valence-corrected chi connectivity index (χ4v) is 2.37. The molecule has 0 saturated heterocycles. The first-order valence-corrected chi connectivity index (χ1v) is 7.88. The Kier molecular flexibility index (Phi) is 6.68. The van der Waals surface area contributed by atoms with Gasteiger partial charge in [0.05, 0.1) is 26.4 Å². The van der Waals surface area contributed by atoms with Gasteiger partial charge < -0.3 is 24.3 Å². The van der Waals surface area contributed by atoms with Gasteiger partial charge in [-0.25, -0.2) is 4.79 Å². The molecule has 1 amide bonds. The number of hydrogen-bond donors (Lipinski definition) is 1. The van der Waals surface area contributed by atoms with Crippen molar-refractivity contribution in [2.75, 3.05) is 33.3 Å². The molecule has 0 atom stereocenters. The lowest BCUT2D eigenvalue weighted by molar-refractivity contribution is -0.118. The first-order valence-electron chi connectivity index (χ1n) is 7.51. The lowest BCUT2D eigenvalue weighted by atomic mass is 10.2. The second-order valence-electron chi connectivity index (χ2n) is 5.04. The summed E-state index contributed by atoms with van der Waals surface area (Å²) >= 11 is 6.02. The van der Waals surface area contributed by atoms with Crippen LogP contribution in [0.15, 0.2) is 36.4 Å². The van der Waals surface area contributed by atoms with Crippen molar-refractivity contribution in [1.29, 1.82) is 0 Å². The van der Waals surface area contributed by atoms with Gasteiger partial charge in [0.1, 0.15) is 22.8 Å². The maximum atomic E-state index is 12.1. The Labute approximate surface area is 155 Å². The Hall–Kier alpha value is -2.93. The van der Waals surface area contributed by atoms with Crippen LogP contribution in [0.5, 0.6) is 17.2 Å². The van der Waals surface area contributed by atoms with E-state index in [-0.39, 0.29) is 17.9 Å². The molecule has 26 heavy (non-hydrogen) atoms. The third-order valence-electron chi connectivity index (χ3n) is 3.39. The van der Waals surface area contributed by atoms with Crippen molar-refractivity contribution >= 4 is 29.2 Å². The number of carbonyl (C=O) groups excluding carboxylic acids is 2. The van der Waals surface area contributed by atoms with Gasteiger partial charge in [0.25, 0.3) is 5.91 Å². The zero-order valence-corrected chi connectivity index (χ0v) is 15.3. The Bertz CT molecular complexity index is 808. The number of ether oxygens (including phenoxy) is 4. The Morgan fingerprint density at radius 2 is 1.77 bits per heavy atom. The normalized spacial score (nSPS) is 10.0. The highest BCUT2D eigenvalue weighted by Gasteiger charge is 2.15. The molecule has 0 bridgehead atoms. The minimum atomic E-state index is -0.579. The van der Waals surface area contributed by atoms with Crippen molar-refractivity contribution < 1.29 is 28.5 Å². The highest BCUT2D eigenvalue weighted by atomic mass is 35.5. The fourth-order valence-electron chi connectivity index (χ4n) is 2.11. The van der Waals surface area contributed by atoms with Crippen LogP contribution in [-0.2, 0) is 9.53 Å². The average Bonchev–Trinajstić information content (AvgIpc) is 2.65. The summed E-state index contributed by atoms with van der Waals surface area (Å²) in [5.74, 6) is 0.156. The summed E-state index contributed by atoms with van der Waals surface area (Å²) in [6, 6.07) is 9.44. The molecular weight excluding hydrogens is 362 g/mol. The van der Waals surface area contributed by atoms with Gasteiger partial charge in [-0.05, 0) is 30.3 Å². The lowest BCUT2D eigenvalue weighted by Crippen LogP contribution is -2.21. The SMILES string of the molecule is COC(=O)c1ccc(OC)cc1OCC(=O)Nc1ccc(OC)c(Cl)c1. The predicted molar refractivity (Wildman–Crippen MR) is 96.5 cm³/mol. The number of methoxy groups -OCH3 is 3. The van der Waals surface area contributed by atoms with Crippen molar-refractivity contribution in [3.05, 3.63) is 47.0 Å². The summed E-state index contributed by atoms with van der Waals surface area (Å²) < 4.78 is 20.3. The van der Waals surface area contributed by atoms with E-state index < -0.39 is 11.9 Å². The molecule has 2 aromatic carbocycles. The van der Waals surface area contributed by atoms with Crippen molar-refractivity contribution in [1.82, 2.24) is 0 Å². The molecule has 0 unspecified atom stereocenters. The largest absolute Gasteiger partial charge is 0.497 e. The van der Waals surface area contributed by atoms with Crippen LogP contribution in [0, 0.1) is 0 Å². The molecule has 7 nitrogen and oxygen atoms in total. The summed E-state index contributed by atoms with van der Waals surface area (Å²) in [7, 11) is 4.24. The molecule has 1 N–H and O–H groups in total. The minimum absolute atomic E-state index is 0.180. The fraction of sp³-hybridized carbons (Fsp3) is 0.222. The van der Waals surface area contributed by atoms with Gasteiger partial charge in [0, 0.05) is 11.8 Å². The molecule has 0 aliphatic carbocycles. The molecule has 0 aliphatic rings. The van der Waals surface area contributed by atoms with Crippen molar-refractivity contribution in [2.45, 2.75) is 0 Å². The molecular formula is C18H18ClNO6. The lowest BCUT2D eigenvalue weighted by Gasteiger charge is -2.12. The zero-order chi connectivity index (χ0) is 19.1. The van der Waals surface area contributed by atoms with Gasteiger partial charge in [-0.2, -0.15) is 0 Å². The van der Waals surface area contributed by atoms with Crippen molar-refractivity contribution in [3.63, 3.8) is 0 Å². The van der Waals surface area contributed by atoms with Crippen molar-refractivity contribution in [3.8, 4) is 17.2 Å².